The number of aryl methyl sites for hydroxylation is 1. The first kappa shape index (κ1) is 12.2. The molecule has 102 valence electrons. The Labute approximate surface area is 112 Å². The first-order valence-electron chi connectivity index (χ1n) is 6.84. The van der Waals surface area contributed by atoms with Crippen LogP contribution in [0, 0.1) is 0 Å². The van der Waals surface area contributed by atoms with Gasteiger partial charge in [0.2, 0.25) is 0 Å². The molecular weight excluding hydrogens is 244 g/mol. The minimum atomic E-state index is -0.189. The molecule has 6 nitrogen and oxygen atoms in total. The molecule has 1 aromatic heterocycles. The molecule has 2 fully saturated rings. The fraction of sp³-hybridized carbons (Fsp3) is 0.615. The van der Waals surface area contributed by atoms with E-state index in [4.69, 9.17) is 0 Å². The summed E-state index contributed by atoms with van der Waals surface area (Å²) in [6, 6.07) is -0.304. The predicted octanol–water partition coefficient (Wildman–Crippen LogP) is 0.872. The van der Waals surface area contributed by atoms with Gasteiger partial charge < -0.3 is 4.90 Å². The van der Waals surface area contributed by atoms with Crippen molar-refractivity contribution in [2.45, 2.75) is 38.8 Å². The molecule has 1 unspecified atom stereocenters. The van der Waals surface area contributed by atoms with E-state index >= 15 is 0 Å². The van der Waals surface area contributed by atoms with E-state index in [1.165, 1.54) is 4.90 Å². The second-order valence-electron chi connectivity index (χ2n) is 5.08. The second-order valence-corrected chi connectivity index (χ2v) is 5.08. The van der Waals surface area contributed by atoms with Gasteiger partial charge in [0.1, 0.15) is 6.04 Å². The van der Waals surface area contributed by atoms with Crippen LogP contribution in [0.1, 0.15) is 25.3 Å². The molecule has 3 amide bonds. The Morgan fingerprint density at radius 1 is 1.42 bits per heavy atom. The molecule has 3 heterocycles. The van der Waals surface area contributed by atoms with Crippen LogP contribution in [0.15, 0.2) is 12.4 Å². The van der Waals surface area contributed by atoms with Gasteiger partial charge in [-0.05, 0) is 31.7 Å². The number of carbonyl (C=O) groups is 2. The largest absolute Gasteiger partial charge is 0.327 e. The number of urea groups is 1. The van der Waals surface area contributed by atoms with Crippen molar-refractivity contribution in [3.8, 4) is 0 Å². The van der Waals surface area contributed by atoms with E-state index < -0.39 is 0 Å². The Morgan fingerprint density at radius 2 is 2.26 bits per heavy atom. The van der Waals surface area contributed by atoms with Crippen LogP contribution in [0.2, 0.25) is 0 Å². The first-order valence-corrected chi connectivity index (χ1v) is 6.84. The number of rotatable bonds is 4. The summed E-state index contributed by atoms with van der Waals surface area (Å²) in [5.74, 6) is -0.0228. The molecule has 0 N–H and O–H groups in total. The molecule has 0 aromatic carbocycles. The highest BCUT2D eigenvalue weighted by Crippen LogP contribution is 2.27. The molecule has 0 bridgehead atoms. The third-order valence-corrected chi connectivity index (χ3v) is 3.92. The smallest absolute Gasteiger partial charge is 0.312 e. The Hall–Kier alpha value is -1.85. The van der Waals surface area contributed by atoms with Gasteiger partial charge >= 0.3 is 6.03 Å². The third-order valence-electron chi connectivity index (χ3n) is 3.92. The van der Waals surface area contributed by atoms with Crippen molar-refractivity contribution >= 4 is 11.9 Å². The predicted molar refractivity (Wildman–Crippen MR) is 68.4 cm³/mol. The standard InChI is InChI=1S/C13H18N4O2/c1-2-15-9-10(8-14-15)5-7-17-12(18)11-4-3-6-16(11)13(17)19/h8-9,11H,2-7H2,1H3. The SMILES string of the molecule is CCn1cc(CCN2C(=O)C3CCCN3C2=O)cn1. The lowest BCUT2D eigenvalue weighted by Crippen LogP contribution is -2.34. The number of imide groups is 1. The molecule has 1 aromatic rings. The summed E-state index contributed by atoms with van der Waals surface area (Å²) < 4.78 is 1.85. The maximum Gasteiger partial charge on any atom is 0.327 e. The highest BCUT2D eigenvalue weighted by Gasteiger charge is 2.46. The van der Waals surface area contributed by atoms with Crippen LogP contribution in [-0.4, -0.2) is 50.6 Å². The van der Waals surface area contributed by atoms with Crippen LogP contribution >= 0.6 is 0 Å². The van der Waals surface area contributed by atoms with Crippen molar-refractivity contribution in [1.82, 2.24) is 19.6 Å². The van der Waals surface area contributed by atoms with E-state index in [1.807, 2.05) is 17.8 Å². The van der Waals surface area contributed by atoms with Gasteiger partial charge in [0, 0.05) is 25.8 Å². The number of nitrogens with zero attached hydrogens (tertiary/aromatic N) is 4. The summed E-state index contributed by atoms with van der Waals surface area (Å²) in [5.41, 5.74) is 1.06. The van der Waals surface area contributed by atoms with E-state index in [0.717, 1.165) is 31.5 Å². The monoisotopic (exact) mass is 262 g/mol. The van der Waals surface area contributed by atoms with Crippen LogP contribution in [-0.2, 0) is 17.8 Å². The lowest BCUT2D eigenvalue weighted by molar-refractivity contribution is -0.127. The van der Waals surface area contributed by atoms with Crippen molar-refractivity contribution in [1.29, 1.82) is 0 Å². The summed E-state index contributed by atoms with van der Waals surface area (Å²) in [5, 5.41) is 4.19. The van der Waals surface area contributed by atoms with E-state index in [2.05, 4.69) is 5.10 Å². The van der Waals surface area contributed by atoms with Gasteiger partial charge in [0.25, 0.3) is 5.91 Å². The normalized spacial score (nSPS) is 22.5. The van der Waals surface area contributed by atoms with Crippen molar-refractivity contribution in [2.24, 2.45) is 0 Å². The summed E-state index contributed by atoms with van der Waals surface area (Å²) in [4.78, 5) is 27.3. The summed E-state index contributed by atoms with van der Waals surface area (Å²) in [7, 11) is 0. The maximum atomic E-state index is 12.1. The topological polar surface area (TPSA) is 58.4 Å². The lowest BCUT2D eigenvalue weighted by atomic mass is 10.2. The zero-order chi connectivity index (χ0) is 13.4. The summed E-state index contributed by atoms with van der Waals surface area (Å²) >= 11 is 0. The van der Waals surface area contributed by atoms with E-state index in [1.54, 1.807) is 11.1 Å². The first-order chi connectivity index (χ1) is 9.20. The molecule has 6 heteroatoms. The van der Waals surface area contributed by atoms with Gasteiger partial charge in [-0.3, -0.25) is 14.4 Å². The lowest BCUT2D eigenvalue weighted by Gasteiger charge is -2.14. The quantitative estimate of drug-likeness (QED) is 0.757. The van der Waals surface area contributed by atoms with Gasteiger partial charge in [-0.1, -0.05) is 0 Å². The van der Waals surface area contributed by atoms with Crippen LogP contribution in [0.3, 0.4) is 0 Å². The summed E-state index contributed by atoms with van der Waals surface area (Å²) in [6.07, 6.45) is 6.20. The van der Waals surface area contributed by atoms with Crippen LogP contribution < -0.4 is 0 Å². The average Bonchev–Trinajstić information content (AvgIpc) is 3.10. The van der Waals surface area contributed by atoms with Gasteiger partial charge in [0.15, 0.2) is 0 Å². The number of hydrogen-bond acceptors (Lipinski definition) is 3. The second kappa shape index (κ2) is 4.68. The Morgan fingerprint density at radius 3 is 2.95 bits per heavy atom. The van der Waals surface area contributed by atoms with Gasteiger partial charge in [-0.15, -0.1) is 0 Å². The fourth-order valence-electron chi connectivity index (χ4n) is 2.84. The van der Waals surface area contributed by atoms with E-state index in [0.29, 0.717) is 13.0 Å². The number of fused-ring (bicyclic) bond motifs is 1. The minimum absolute atomic E-state index is 0.0228. The van der Waals surface area contributed by atoms with Gasteiger partial charge in [-0.2, -0.15) is 5.10 Å². The molecular formula is C13H18N4O2. The molecule has 0 spiro atoms. The van der Waals surface area contributed by atoms with Crippen molar-refractivity contribution in [3.63, 3.8) is 0 Å². The molecule has 0 aliphatic carbocycles. The highest BCUT2D eigenvalue weighted by atomic mass is 16.2. The molecule has 0 radical (unpaired) electrons. The molecule has 19 heavy (non-hydrogen) atoms. The summed E-state index contributed by atoms with van der Waals surface area (Å²) in [6.45, 7) is 4.04. The van der Waals surface area contributed by atoms with E-state index in [-0.39, 0.29) is 18.0 Å². The Kier molecular flexibility index (Phi) is 3.00. The van der Waals surface area contributed by atoms with Crippen molar-refractivity contribution in [3.05, 3.63) is 18.0 Å². The van der Waals surface area contributed by atoms with Crippen LogP contribution in [0.25, 0.3) is 0 Å². The van der Waals surface area contributed by atoms with E-state index in [9.17, 15) is 9.59 Å². The fourth-order valence-corrected chi connectivity index (χ4v) is 2.84. The molecule has 2 saturated heterocycles. The Balaban J connectivity index is 1.64. The molecule has 2 aliphatic heterocycles. The number of carbonyl (C=O) groups excluding carboxylic acids is 2. The number of hydrogen-bond donors (Lipinski definition) is 0. The minimum Gasteiger partial charge on any atom is -0.312 e. The van der Waals surface area contributed by atoms with Crippen molar-refractivity contribution < 1.29 is 9.59 Å². The Bertz CT molecular complexity index is 488. The van der Waals surface area contributed by atoms with Gasteiger partial charge in [0.05, 0.1) is 6.20 Å². The maximum absolute atomic E-state index is 12.1. The van der Waals surface area contributed by atoms with Crippen LogP contribution in [0.4, 0.5) is 4.79 Å². The van der Waals surface area contributed by atoms with Crippen molar-refractivity contribution in [2.75, 3.05) is 13.1 Å². The zero-order valence-electron chi connectivity index (χ0n) is 11.1. The van der Waals surface area contributed by atoms with Gasteiger partial charge in [-0.25, -0.2) is 4.79 Å². The highest BCUT2D eigenvalue weighted by molar-refractivity contribution is 6.04. The number of amides is 3. The average molecular weight is 262 g/mol. The number of aromatic nitrogens is 2. The van der Waals surface area contributed by atoms with Crippen LogP contribution in [0.5, 0.6) is 0 Å². The molecule has 0 saturated carbocycles. The third kappa shape index (κ3) is 2.01. The molecule has 2 aliphatic rings. The zero-order valence-corrected chi connectivity index (χ0v) is 11.1. The molecule has 1 atom stereocenters. The molecule has 3 rings (SSSR count).